The second-order valence-corrected chi connectivity index (χ2v) is 7.80. The van der Waals surface area contributed by atoms with E-state index in [1.807, 2.05) is 0 Å². The molecule has 0 aliphatic carbocycles. The maximum absolute atomic E-state index is 12.9. The van der Waals surface area contributed by atoms with E-state index in [-0.39, 0.29) is 22.7 Å². The average Bonchev–Trinajstić information content (AvgIpc) is 3.08. The lowest BCUT2D eigenvalue weighted by Gasteiger charge is -2.25. The molecule has 1 unspecified atom stereocenters. The van der Waals surface area contributed by atoms with Crippen molar-refractivity contribution in [2.45, 2.75) is 19.6 Å². The summed E-state index contributed by atoms with van der Waals surface area (Å²) < 4.78 is 37.6. The highest BCUT2D eigenvalue weighted by Gasteiger charge is 2.45. The fourth-order valence-corrected chi connectivity index (χ4v) is 3.54. The summed E-state index contributed by atoms with van der Waals surface area (Å²) in [6, 6.07) is 10.3. The van der Waals surface area contributed by atoms with Gasteiger partial charge in [0.15, 0.2) is 0 Å². The van der Waals surface area contributed by atoms with Crippen molar-refractivity contribution in [1.29, 1.82) is 0 Å². The number of nitrogens with one attached hydrogen (secondary N) is 3. The normalized spacial score (nSPS) is 18.7. The standard InChI is InChI=1S/C23H20F3N7O2/c1-14-19-13-28-9-10-33(19,27)20(30-14)21(34)31-18-4-2-3-15(11-18)12-29-22(35)32-17-7-5-16(6-8-17)23(24,25)26/h2-11,13H,12,27H2,1H3,(H2-,29,31,32,34,35)/p+1. The lowest BCUT2D eigenvalue weighted by molar-refractivity contribution is -0.749. The lowest BCUT2D eigenvalue weighted by Crippen LogP contribution is -2.56. The van der Waals surface area contributed by atoms with E-state index in [4.69, 9.17) is 5.84 Å². The van der Waals surface area contributed by atoms with Crippen LogP contribution in [-0.2, 0) is 17.5 Å². The molecule has 2 aromatic carbocycles. The quantitative estimate of drug-likeness (QED) is 0.381. The van der Waals surface area contributed by atoms with Crippen molar-refractivity contribution in [2.24, 2.45) is 15.8 Å². The molecule has 180 valence electrons. The van der Waals surface area contributed by atoms with Crippen molar-refractivity contribution in [3.63, 3.8) is 0 Å². The van der Waals surface area contributed by atoms with Crippen LogP contribution in [0.4, 0.5) is 29.3 Å². The third-order valence-electron chi connectivity index (χ3n) is 5.29. The molecule has 0 fully saturated rings. The molecule has 0 bridgehead atoms. The Bertz CT molecular complexity index is 1300. The van der Waals surface area contributed by atoms with Crippen molar-refractivity contribution in [2.75, 3.05) is 10.6 Å². The molecular formula is C23H21F3N7O2+. The molecule has 12 heteroatoms. The molecule has 9 nitrogen and oxygen atoms in total. The van der Waals surface area contributed by atoms with Crippen LogP contribution in [0.2, 0.25) is 0 Å². The Hall–Kier alpha value is -4.29. The van der Waals surface area contributed by atoms with Gasteiger partial charge in [-0.05, 0) is 48.9 Å². The highest BCUT2D eigenvalue weighted by Crippen LogP contribution is 2.30. The van der Waals surface area contributed by atoms with Crippen LogP contribution >= 0.6 is 0 Å². The number of urea groups is 1. The fourth-order valence-electron chi connectivity index (χ4n) is 3.54. The number of benzene rings is 2. The maximum atomic E-state index is 12.9. The van der Waals surface area contributed by atoms with E-state index in [0.717, 1.165) is 12.1 Å². The highest BCUT2D eigenvalue weighted by atomic mass is 19.4. The zero-order valence-corrected chi connectivity index (χ0v) is 18.4. The number of nitrogens with zero attached hydrogens (tertiary/aromatic N) is 3. The summed E-state index contributed by atoms with van der Waals surface area (Å²) in [6.07, 6.45) is 0.155. The van der Waals surface area contributed by atoms with Crippen LogP contribution in [0, 0.1) is 0 Å². The second-order valence-electron chi connectivity index (χ2n) is 7.80. The van der Waals surface area contributed by atoms with Crippen LogP contribution in [0.3, 0.4) is 0 Å². The summed E-state index contributed by atoms with van der Waals surface area (Å²) in [5.74, 6) is 5.95. The molecule has 0 aromatic heterocycles. The van der Waals surface area contributed by atoms with Gasteiger partial charge < -0.3 is 16.0 Å². The van der Waals surface area contributed by atoms with Crippen LogP contribution in [0.25, 0.3) is 0 Å². The van der Waals surface area contributed by atoms with Gasteiger partial charge in [0.25, 0.3) is 0 Å². The van der Waals surface area contributed by atoms with Crippen molar-refractivity contribution >= 4 is 35.4 Å². The summed E-state index contributed by atoms with van der Waals surface area (Å²) >= 11 is 0. The smallest absolute Gasteiger partial charge is 0.334 e. The van der Waals surface area contributed by atoms with Crippen LogP contribution in [-0.4, -0.2) is 28.6 Å². The number of nitrogens with two attached hydrogens (primary N) is 1. The molecule has 2 aliphatic rings. The minimum absolute atomic E-state index is 0.0827. The van der Waals surface area contributed by atoms with Gasteiger partial charge in [0, 0.05) is 17.9 Å². The molecule has 35 heavy (non-hydrogen) atoms. The van der Waals surface area contributed by atoms with Gasteiger partial charge in [-0.25, -0.2) is 4.79 Å². The van der Waals surface area contributed by atoms with Crippen LogP contribution in [0.5, 0.6) is 0 Å². The molecule has 0 radical (unpaired) electrons. The van der Waals surface area contributed by atoms with Gasteiger partial charge in [0.1, 0.15) is 11.9 Å². The summed E-state index contributed by atoms with van der Waals surface area (Å²) in [5.41, 5.74) is 1.73. The first-order chi connectivity index (χ1) is 16.6. The minimum Gasteiger partial charge on any atom is -0.334 e. The summed E-state index contributed by atoms with van der Waals surface area (Å²) in [7, 11) is 0. The molecule has 0 saturated heterocycles. The second kappa shape index (κ2) is 9.16. The number of amides is 3. The number of hydrogen-bond acceptors (Lipinski definition) is 5. The molecule has 3 amide bonds. The number of fused-ring (bicyclic) bond motifs is 1. The molecular weight excluding hydrogens is 463 g/mol. The van der Waals surface area contributed by atoms with E-state index in [2.05, 4.69) is 25.9 Å². The number of anilines is 2. The van der Waals surface area contributed by atoms with E-state index in [1.54, 1.807) is 43.6 Å². The Morgan fingerprint density at radius 2 is 1.80 bits per heavy atom. The lowest BCUT2D eigenvalue weighted by atomic mass is 10.2. The van der Waals surface area contributed by atoms with Crippen molar-refractivity contribution in [3.8, 4) is 0 Å². The molecule has 0 spiro atoms. The number of halogens is 3. The molecule has 5 N–H and O–H groups in total. The fraction of sp³-hybridized carbons (Fsp3) is 0.130. The Kier molecular flexibility index (Phi) is 6.24. The van der Waals surface area contributed by atoms with Crippen LogP contribution < -0.4 is 21.8 Å². The van der Waals surface area contributed by atoms with Crippen molar-refractivity contribution < 1.29 is 27.4 Å². The van der Waals surface area contributed by atoms with Crippen LogP contribution in [0.15, 0.2) is 82.3 Å². The molecule has 2 heterocycles. The minimum atomic E-state index is -4.45. The molecule has 4 rings (SSSR count). The number of hydrogen-bond donors (Lipinski definition) is 4. The SMILES string of the molecule is CC1=C2C=NC=C[N+]2(N)C(C(=O)Nc2cccc(CNC(=O)Nc3ccc(C(F)(F)F)cc3)c2)=N1. The Morgan fingerprint density at radius 3 is 2.51 bits per heavy atom. The maximum Gasteiger partial charge on any atom is 0.416 e. The average molecular weight is 484 g/mol. The number of carbonyl (C=O) groups is 2. The van der Waals surface area contributed by atoms with Gasteiger partial charge in [-0.1, -0.05) is 12.1 Å². The van der Waals surface area contributed by atoms with E-state index in [1.165, 1.54) is 18.3 Å². The monoisotopic (exact) mass is 484 g/mol. The van der Waals surface area contributed by atoms with E-state index >= 15 is 0 Å². The third-order valence-corrected chi connectivity index (χ3v) is 5.29. The Morgan fingerprint density at radius 1 is 1.06 bits per heavy atom. The number of carbonyl (C=O) groups excluding carboxylic acids is 2. The number of amidine groups is 1. The molecule has 0 saturated carbocycles. The topological polar surface area (TPSA) is 121 Å². The zero-order chi connectivity index (χ0) is 25.2. The van der Waals surface area contributed by atoms with E-state index in [0.29, 0.717) is 22.6 Å². The van der Waals surface area contributed by atoms with Gasteiger partial charge in [-0.3, -0.25) is 9.79 Å². The van der Waals surface area contributed by atoms with Crippen LogP contribution in [0.1, 0.15) is 18.1 Å². The number of alkyl halides is 3. The third kappa shape index (κ3) is 5.13. The largest absolute Gasteiger partial charge is 0.416 e. The number of aliphatic imine (C=N–C) groups is 2. The predicted octanol–water partition coefficient (Wildman–Crippen LogP) is 3.86. The summed E-state index contributed by atoms with van der Waals surface area (Å²) in [6.45, 7) is 1.85. The van der Waals surface area contributed by atoms with Gasteiger partial charge in [-0.15, -0.1) is 4.59 Å². The number of quaternary nitrogens is 1. The number of rotatable bonds is 5. The van der Waals surface area contributed by atoms with Gasteiger partial charge in [0.2, 0.25) is 5.70 Å². The van der Waals surface area contributed by atoms with Crippen molar-refractivity contribution in [1.82, 2.24) is 5.32 Å². The van der Waals surface area contributed by atoms with Gasteiger partial charge in [-0.2, -0.15) is 24.0 Å². The Labute approximate surface area is 198 Å². The molecule has 2 aromatic rings. The highest BCUT2D eigenvalue weighted by molar-refractivity contribution is 6.40. The number of allylic oxidation sites excluding steroid dienone is 2. The van der Waals surface area contributed by atoms with Gasteiger partial charge >= 0.3 is 24.0 Å². The molecule has 2 aliphatic heterocycles. The summed E-state index contributed by atoms with van der Waals surface area (Å²) in [4.78, 5) is 33.4. The van der Waals surface area contributed by atoms with E-state index in [9.17, 15) is 22.8 Å². The zero-order valence-electron chi connectivity index (χ0n) is 18.4. The molecule has 1 atom stereocenters. The van der Waals surface area contributed by atoms with E-state index < -0.39 is 23.7 Å². The first kappa shape index (κ1) is 23.9. The first-order valence-corrected chi connectivity index (χ1v) is 10.4. The van der Waals surface area contributed by atoms with Gasteiger partial charge in [0.05, 0.1) is 18.0 Å². The first-order valence-electron chi connectivity index (χ1n) is 10.4. The van der Waals surface area contributed by atoms with Crippen molar-refractivity contribution in [3.05, 3.63) is 83.5 Å². The Balaban J connectivity index is 1.34. The summed E-state index contributed by atoms with van der Waals surface area (Å²) in [5, 5.41) is 7.84. The predicted molar refractivity (Wildman–Crippen MR) is 125 cm³/mol.